The van der Waals surface area contributed by atoms with Crippen LogP contribution in [0, 0.1) is 13.8 Å². The van der Waals surface area contributed by atoms with Gasteiger partial charge < -0.3 is 56.2 Å². The number of aliphatic hydroxyl groups excluding tert-OH is 1. The number of fused-ring (bicyclic) bond motifs is 2. The van der Waals surface area contributed by atoms with E-state index in [9.17, 15) is 48.3 Å². The number of imidazole rings is 2. The van der Waals surface area contributed by atoms with E-state index in [1.165, 1.54) is 48.0 Å². The Morgan fingerprint density at radius 2 is 1.31 bits per heavy atom. The summed E-state index contributed by atoms with van der Waals surface area (Å²) in [6.45, 7) is 8.60. The maximum Gasteiger partial charge on any atom is 0.321 e. The molecule has 0 saturated carbocycles. The van der Waals surface area contributed by atoms with Crippen LogP contribution in [0.4, 0.5) is 11.9 Å². The van der Waals surface area contributed by atoms with E-state index in [-0.39, 0.29) is 121 Å². The van der Waals surface area contributed by atoms with Crippen molar-refractivity contribution in [1.29, 1.82) is 0 Å². The number of aliphatic carboxylic acids is 1. The second-order valence-corrected chi connectivity index (χ2v) is 20.5. The number of likely N-dealkylation sites (N-methyl/N-ethyl adjacent to an activating group) is 1. The molecule has 0 radical (unpaired) electrons. The molecule has 1 unspecified atom stereocenters. The van der Waals surface area contributed by atoms with Crippen LogP contribution in [0.15, 0.2) is 48.6 Å². The van der Waals surface area contributed by atoms with Gasteiger partial charge in [0.1, 0.15) is 46.0 Å². The van der Waals surface area contributed by atoms with Crippen molar-refractivity contribution in [3.8, 4) is 11.5 Å². The number of primary amides is 2. The van der Waals surface area contributed by atoms with Crippen LogP contribution in [0.25, 0.3) is 22.1 Å². The quantitative estimate of drug-likeness (QED) is 0.0173. The molecule has 8 amide bonds. The molecular weight excluding hydrogens is 1100 g/mol. The number of nitrogens with one attached hydrogen (secondary N) is 3. The molecule has 3 atom stereocenters. The van der Waals surface area contributed by atoms with E-state index in [1.54, 1.807) is 58.9 Å². The van der Waals surface area contributed by atoms with E-state index in [4.69, 9.17) is 36.8 Å². The van der Waals surface area contributed by atoms with Crippen LogP contribution in [0.2, 0.25) is 0 Å². The predicted octanol–water partition coefficient (Wildman–Crippen LogP) is 1.41. The number of nitrogens with zero attached hydrogens (tertiary/aromatic N) is 10. The molecule has 0 fully saturated rings. The van der Waals surface area contributed by atoms with Gasteiger partial charge in [0.2, 0.25) is 47.8 Å². The lowest BCUT2D eigenvalue weighted by atomic mass is 10.1. The number of carbonyl (C=O) groups excluding carboxylic acids is 8. The highest BCUT2D eigenvalue weighted by atomic mass is 32.2. The third kappa shape index (κ3) is 15.6. The number of benzene rings is 2. The molecular formula is C53H68N16O13S. The normalized spacial score (nSPS) is 12.4. The molecule has 4 aromatic heterocycles. The summed E-state index contributed by atoms with van der Waals surface area (Å²) in [7, 11) is 2.86. The standard InChI is InChI=1S/C53H68N16O13S/c1-8-68-38(19-29(3)62-68)48(76)60-52-58-35-22-32(46(55)74)24-40(81-7)44(35)66(52)15-10-11-16-67-45-36(59-53(67)61-49(77)39-20-30(4)63-69(39)9-2)23-33(47(56)75)25-41(45)82-18-12-14-64(6)50(78)37(26-70)57-42(72)13-17-65(28-71)43(73)21-31(5)83-27-34(54)51(79)80/h10-11,19-20,22-25,28,31,34,37,70H,8-9,12-18,21,26-27,54H2,1-7H3,(H2,55,74)(H2,56,75)(H,57,72)(H,79,80)(H,58,60,76)(H,59,61,77)/b11-10+/t31?,34-,37-/m0/s1. The molecule has 83 heavy (non-hydrogen) atoms. The van der Waals surface area contributed by atoms with Gasteiger partial charge in [-0.15, -0.1) is 0 Å². The number of thioether (sulfide) groups is 1. The first kappa shape index (κ1) is 63.0. The highest BCUT2D eigenvalue weighted by molar-refractivity contribution is 8.00. The topological polar surface area (TPSA) is 404 Å². The highest BCUT2D eigenvalue weighted by Crippen LogP contribution is 2.33. The van der Waals surface area contributed by atoms with Crippen LogP contribution in [0.3, 0.4) is 0 Å². The second-order valence-electron chi connectivity index (χ2n) is 19.1. The highest BCUT2D eigenvalue weighted by Gasteiger charge is 2.27. The average Bonchev–Trinajstić information content (AvgIpc) is 2.81. The van der Waals surface area contributed by atoms with E-state index in [1.807, 2.05) is 13.8 Å². The van der Waals surface area contributed by atoms with E-state index >= 15 is 0 Å². The Kier molecular flexibility index (Phi) is 21.6. The number of aliphatic hydroxyl groups is 1. The van der Waals surface area contributed by atoms with Crippen LogP contribution in [-0.4, -0.2) is 176 Å². The fourth-order valence-corrected chi connectivity index (χ4v) is 9.66. The lowest BCUT2D eigenvalue weighted by Crippen LogP contribution is -2.50. The maximum atomic E-state index is 14.0. The van der Waals surface area contributed by atoms with Crippen LogP contribution >= 0.6 is 11.8 Å². The number of anilines is 2. The van der Waals surface area contributed by atoms with Crippen LogP contribution in [-0.2, 0) is 50.2 Å². The van der Waals surface area contributed by atoms with Gasteiger partial charge in [-0.3, -0.25) is 68.0 Å². The average molecular weight is 1170 g/mol. The summed E-state index contributed by atoms with van der Waals surface area (Å²) in [5.41, 5.74) is 20.2. The minimum absolute atomic E-state index is 0.00975. The number of carboxylic acid groups (broad SMARTS) is 1. The SMILES string of the molecule is CCn1nc(C)cc1C(=O)Nc1nc2cc(C(N)=O)cc(OC)c2n1C/C=C/Cn1c(NC(=O)c2cc(C)nn2CC)nc2cc(C(N)=O)cc(OCCCN(C)C(=O)[C@H](CO)NC(=O)CCN(C=O)C(=O)CC(C)SC[C@H](N)C(=O)O)c21. The zero-order valence-electron chi connectivity index (χ0n) is 46.9. The molecule has 30 heteroatoms. The number of hydrogen-bond acceptors (Lipinski definition) is 18. The molecule has 2 aromatic carbocycles. The molecule has 0 saturated heterocycles. The van der Waals surface area contributed by atoms with Gasteiger partial charge in [-0.25, -0.2) is 9.97 Å². The molecule has 0 aliphatic heterocycles. The predicted molar refractivity (Wildman–Crippen MR) is 305 cm³/mol. The summed E-state index contributed by atoms with van der Waals surface area (Å²) < 4.78 is 18.4. The summed E-state index contributed by atoms with van der Waals surface area (Å²) in [5, 5.41) is 35.7. The summed E-state index contributed by atoms with van der Waals surface area (Å²) in [4.78, 5) is 126. The van der Waals surface area contributed by atoms with Crippen molar-refractivity contribution in [2.75, 3.05) is 56.8 Å². The molecule has 6 aromatic rings. The Bertz CT molecular complexity index is 3460. The largest absolute Gasteiger partial charge is 0.494 e. The fourth-order valence-electron chi connectivity index (χ4n) is 8.72. The molecule has 4 heterocycles. The third-order valence-corrected chi connectivity index (χ3v) is 14.2. The maximum absolute atomic E-state index is 14.0. The number of imide groups is 1. The monoisotopic (exact) mass is 1170 g/mol. The van der Waals surface area contributed by atoms with Gasteiger partial charge in [-0.05, 0) is 70.5 Å². The number of rotatable bonds is 31. The van der Waals surface area contributed by atoms with Crippen molar-refractivity contribution in [3.05, 3.63) is 82.5 Å². The Hall–Kier alpha value is -9.16. The molecule has 0 aliphatic carbocycles. The van der Waals surface area contributed by atoms with E-state index in [2.05, 4.69) is 31.1 Å². The molecule has 0 aliphatic rings. The fraction of sp³-hybridized carbons (Fsp3) is 0.415. The van der Waals surface area contributed by atoms with Gasteiger partial charge in [0.05, 0.1) is 42.7 Å². The Labute approximate surface area is 479 Å². The number of carboxylic acids is 1. The van der Waals surface area contributed by atoms with Gasteiger partial charge in [0.15, 0.2) is 0 Å². The molecule has 444 valence electrons. The molecule has 0 bridgehead atoms. The van der Waals surface area contributed by atoms with E-state index in [0.717, 1.165) is 16.7 Å². The summed E-state index contributed by atoms with van der Waals surface area (Å²) in [6.07, 6.45) is 3.43. The number of amides is 8. The van der Waals surface area contributed by atoms with Crippen LogP contribution in [0.1, 0.15) is 93.1 Å². The number of aromatic nitrogens is 8. The smallest absolute Gasteiger partial charge is 0.321 e. The molecule has 0 spiro atoms. The Balaban J connectivity index is 1.22. The first-order valence-corrected chi connectivity index (χ1v) is 27.3. The third-order valence-electron chi connectivity index (χ3n) is 12.9. The van der Waals surface area contributed by atoms with Crippen molar-refractivity contribution >= 4 is 99.5 Å². The van der Waals surface area contributed by atoms with Gasteiger partial charge >= 0.3 is 5.97 Å². The molecule has 6 rings (SSSR count). The number of hydrogen-bond donors (Lipinski definition) is 8. The van der Waals surface area contributed by atoms with Crippen molar-refractivity contribution in [2.45, 2.75) is 97.4 Å². The Morgan fingerprint density at radius 1 is 0.795 bits per heavy atom. The van der Waals surface area contributed by atoms with Crippen molar-refractivity contribution in [3.63, 3.8) is 0 Å². The van der Waals surface area contributed by atoms with Crippen LogP contribution < -0.4 is 42.6 Å². The van der Waals surface area contributed by atoms with Gasteiger partial charge in [-0.2, -0.15) is 22.0 Å². The summed E-state index contributed by atoms with van der Waals surface area (Å²) in [5.74, 6) is -5.20. The summed E-state index contributed by atoms with van der Waals surface area (Å²) in [6, 6.07) is 6.56. The zero-order valence-corrected chi connectivity index (χ0v) is 47.7. The number of ether oxygens (including phenoxy) is 2. The Morgan fingerprint density at radius 3 is 1.78 bits per heavy atom. The number of nitrogens with two attached hydrogens (primary N) is 3. The second kappa shape index (κ2) is 28.5. The van der Waals surface area contributed by atoms with Crippen molar-refractivity contribution < 1.29 is 62.8 Å². The lowest BCUT2D eigenvalue weighted by Gasteiger charge is -2.24. The van der Waals surface area contributed by atoms with E-state index in [0.29, 0.717) is 41.0 Å². The zero-order chi connectivity index (χ0) is 60.8. The van der Waals surface area contributed by atoms with Gasteiger partial charge in [-0.1, -0.05) is 19.1 Å². The first-order valence-electron chi connectivity index (χ1n) is 26.2. The van der Waals surface area contributed by atoms with Crippen molar-refractivity contribution in [1.82, 2.24) is 53.8 Å². The van der Waals surface area contributed by atoms with Crippen LogP contribution in [0.5, 0.6) is 11.5 Å². The lowest BCUT2D eigenvalue weighted by molar-refractivity contribution is -0.140. The molecule has 11 N–H and O–H groups in total. The van der Waals surface area contributed by atoms with Gasteiger partial charge in [0.25, 0.3) is 11.8 Å². The first-order chi connectivity index (χ1) is 39.5. The van der Waals surface area contributed by atoms with Crippen molar-refractivity contribution in [2.24, 2.45) is 17.2 Å². The number of aryl methyl sites for hydroxylation is 4. The number of allylic oxidation sites excluding steroid dienone is 2. The summed E-state index contributed by atoms with van der Waals surface area (Å²) >= 11 is 1.14. The number of methoxy groups -OCH3 is 1. The molecule has 29 nitrogen and oxygen atoms in total. The minimum Gasteiger partial charge on any atom is -0.494 e. The van der Waals surface area contributed by atoms with E-state index < -0.39 is 66.0 Å². The minimum atomic E-state index is -1.39. The van der Waals surface area contributed by atoms with Gasteiger partial charge in [0, 0.05) is 81.3 Å². The number of carbonyl (C=O) groups is 9.